The van der Waals surface area contributed by atoms with Gasteiger partial charge in [0.15, 0.2) is 0 Å². The number of benzene rings is 1. The fourth-order valence-electron chi connectivity index (χ4n) is 6.75. The van der Waals surface area contributed by atoms with Crippen LogP contribution in [0.25, 0.3) is 17.0 Å². The van der Waals surface area contributed by atoms with E-state index in [2.05, 4.69) is 52.7 Å². The Balaban J connectivity index is 1.71. The van der Waals surface area contributed by atoms with Gasteiger partial charge in [-0.2, -0.15) is 0 Å². The van der Waals surface area contributed by atoms with Crippen molar-refractivity contribution in [2.24, 2.45) is 0 Å². The van der Waals surface area contributed by atoms with Gasteiger partial charge < -0.3 is 4.74 Å². The van der Waals surface area contributed by atoms with E-state index in [1.165, 1.54) is 31.2 Å². The van der Waals surface area contributed by atoms with E-state index in [0.29, 0.717) is 17.2 Å². The summed E-state index contributed by atoms with van der Waals surface area (Å²) in [6.45, 7) is 4.87. The highest BCUT2D eigenvalue weighted by atomic mass is 32.1. The number of hydrogen-bond acceptors (Lipinski definition) is 4. The number of ether oxygens (including phenoxy) is 1. The van der Waals surface area contributed by atoms with Crippen molar-refractivity contribution in [2.75, 3.05) is 6.61 Å². The molecule has 1 saturated heterocycles. The molecule has 7 heteroatoms. The van der Waals surface area contributed by atoms with Crippen LogP contribution in [0.2, 0.25) is 0 Å². The first-order valence-electron chi connectivity index (χ1n) is 12.4. The summed E-state index contributed by atoms with van der Waals surface area (Å²) >= 11 is 5.77. The first-order valence-corrected chi connectivity index (χ1v) is 12.8. The summed E-state index contributed by atoms with van der Waals surface area (Å²) in [5, 5.41) is 7.62. The van der Waals surface area contributed by atoms with Crippen LogP contribution < -0.4 is 5.56 Å². The third-order valence-electron chi connectivity index (χ3n) is 8.19. The molecule has 1 aliphatic heterocycles. The molecule has 1 saturated carbocycles. The molecule has 2 aromatic heterocycles. The summed E-state index contributed by atoms with van der Waals surface area (Å²) in [4.78, 5) is 14.6. The monoisotopic (exact) mass is 464 g/mol. The van der Waals surface area contributed by atoms with Crippen LogP contribution in [0.4, 0.5) is 0 Å². The molecule has 0 radical (unpaired) electrons. The third-order valence-corrected chi connectivity index (χ3v) is 8.47. The van der Waals surface area contributed by atoms with Crippen molar-refractivity contribution >= 4 is 18.0 Å². The number of aromatic amines is 1. The topological polar surface area (TPSA) is 64.3 Å². The molecule has 1 aromatic carbocycles. The maximum Gasteiger partial charge on any atom is 0.259 e. The number of H-pyrrole nitrogens is 1. The van der Waals surface area contributed by atoms with Gasteiger partial charge in [0.05, 0.1) is 11.3 Å². The second-order valence-corrected chi connectivity index (χ2v) is 11.2. The van der Waals surface area contributed by atoms with Gasteiger partial charge >= 0.3 is 0 Å². The van der Waals surface area contributed by atoms with E-state index in [1.54, 1.807) is 0 Å². The Labute approximate surface area is 199 Å². The van der Waals surface area contributed by atoms with Gasteiger partial charge in [-0.3, -0.25) is 13.8 Å². The van der Waals surface area contributed by atoms with E-state index < -0.39 is 0 Å². The maximum absolute atomic E-state index is 14.6. The van der Waals surface area contributed by atoms with Gasteiger partial charge in [0.25, 0.3) is 5.56 Å². The molecule has 1 unspecified atom stereocenters. The molecule has 1 atom stereocenters. The third kappa shape index (κ3) is 3.27. The second-order valence-electron chi connectivity index (χ2n) is 10.8. The van der Waals surface area contributed by atoms with Crippen LogP contribution in [0.1, 0.15) is 82.4 Å². The lowest BCUT2D eigenvalue weighted by atomic mass is 9.65. The summed E-state index contributed by atoms with van der Waals surface area (Å²) in [5.41, 5.74) is 4.11. The summed E-state index contributed by atoms with van der Waals surface area (Å²) in [7, 11) is 0. The molecule has 1 spiro atoms. The van der Waals surface area contributed by atoms with Crippen molar-refractivity contribution in [3.8, 4) is 11.3 Å². The number of fused-ring (bicyclic) bond motifs is 6. The van der Waals surface area contributed by atoms with Crippen molar-refractivity contribution in [1.29, 1.82) is 0 Å². The lowest BCUT2D eigenvalue weighted by molar-refractivity contribution is -0.0691. The second kappa shape index (κ2) is 7.64. The first kappa shape index (κ1) is 21.3. The minimum Gasteiger partial charge on any atom is -0.375 e. The Morgan fingerprint density at radius 1 is 1.15 bits per heavy atom. The molecular formula is C26H32N4O2S. The molecule has 2 aliphatic carbocycles. The van der Waals surface area contributed by atoms with Gasteiger partial charge in [0, 0.05) is 29.2 Å². The summed E-state index contributed by atoms with van der Waals surface area (Å²) in [6.07, 6.45) is 9.45. The molecule has 0 amide bonds. The standard InChI is InChI=1S/C26H32N4O2S/c1-25(2)16-18(11-14-32-25)29-22(31)20-21(30-23(29)27-28-24(30)33)19-10-6-5-9-17(19)15-26(20)12-7-3-4-8-13-26/h5-6,9-10,18H,3-4,7-8,11-16H2,1-2H3,(H,28,33). The van der Waals surface area contributed by atoms with Gasteiger partial charge in [0.2, 0.25) is 10.5 Å². The van der Waals surface area contributed by atoms with Gasteiger partial charge in [-0.1, -0.05) is 49.9 Å². The van der Waals surface area contributed by atoms with Gasteiger partial charge in [-0.25, -0.2) is 5.10 Å². The van der Waals surface area contributed by atoms with E-state index in [4.69, 9.17) is 17.0 Å². The minimum absolute atomic E-state index is 0.0410. The minimum atomic E-state index is -0.269. The van der Waals surface area contributed by atoms with Crippen LogP contribution in [-0.4, -0.2) is 31.4 Å². The SMILES string of the molecule is CC1(C)CC(n2c(=O)c3c(n4c(=S)[nH]nc24)-c2ccccc2CC32CCCCCC2)CCO1. The Kier molecular flexibility index (Phi) is 4.93. The van der Waals surface area contributed by atoms with E-state index in [1.807, 2.05) is 4.57 Å². The van der Waals surface area contributed by atoms with Crippen LogP contribution in [0.15, 0.2) is 29.1 Å². The molecular weight excluding hydrogens is 432 g/mol. The lowest BCUT2D eigenvalue weighted by Gasteiger charge is -2.41. The van der Waals surface area contributed by atoms with Gasteiger partial charge in [-0.15, -0.1) is 5.10 Å². The average Bonchev–Trinajstić information content (AvgIpc) is 3.00. The van der Waals surface area contributed by atoms with Crippen molar-refractivity contribution < 1.29 is 4.74 Å². The van der Waals surface area contributed by atoms with Gasteiger partial charge in [-0.05, 0) is 63.7 Å². The smallest absolute Gasteiger partial charge is 0.259 e. The fraction of sp³-hybridized carbons (Fsp3) is 0.577. The predicted molar refractivity (Wildman–Crippen MR) is 131 cm³/mol. The van der Waals surface area contributed by atoms with Crippen LogP contribution >= 0.6 is 12.2 Å². The summed E-state index contributed by atoms with van der Waals surface area (Å²) < 4.78 is 10.6. The Morgan fingerprint density at radius 3 is 2.67 bits per heavy atom. The van der Waals surface area contributed by atoms with E-state index >= 15 is 0 Å². The fourth-order valence-corrected chi connectivity index (χ4v) is 6.97. The van der Waals surface area contributed by atoms with Crippen molar-refractivity contribution in [1.82, 2.24) is 19.2 Å². The van der Waals surface area contributed by atoms with Crippen LogP contribution in [0.5, 0.6) is 0 Å². The summed E-state index contributed by atoms with van der Waals surface area (Å²) in [6, 6.07) is 8.60. The number of nitrogens with zero attached hydrogens (tertiary/aromatic N) is 3. The molecule has 3 heterocycles. The number of rotatable bonds is 1. The zero-order chi connectivity index (χ0) is 22.8. The molecule has 2 fully saturated rings. The normalized spacial score (nSPS) is 23.8. The molecule has 6 nitrogen and oxygen atoms in total. The Bertz CT molecular complexity index is 1340. The number of hydrogen-bond donors (Lipinski definition) is 1. The van der Waals surface area contributed by atoms with Crippen LogP contribution in [0, 0.1) is 4.77 Å². The largest absolute Gasteiger partial charge is 0.375 e. The van der Waals surface area contributed by atoms with Gasteiger partial charge in [0.1, 0.15) is 0 Å². The average molecular weight is 465 g/mol. The van der Waals surface area contributed by atoms with Crippen LogP contribution in [-0.2, 0) is 16.6 Å². The van der Waals surface area contributed by atoms with Crippen LogP contribution in [0.3, 0.4) is 0 Å². The lowest BCUT2D eigenvalue weighted by Crippen LogP contribution is -2.45. The highest BCUT2D eigenvalue weighted by Gasteiger charge is 2.44. The molecule has 33 heavy (non-hydrogen) atoms. The summed E-state index contributed by atoms with van der Waals surface area (Å²) in [5.74, 6) is 0.631. The molecule has 174 valence electrons. The predicted octanol–water partition coefficient (Wildman–Crippen LogP) is 5.50. The quantitative estimate of drug-likeness (QED) is 0.483. The zero-order valence-corrected chi connectivity index (χ0v) is 20.3. The zero-order valence-electron chi connectivity index (χ0n) is 19.5. The highest BCUT2D eigenvalue weighted by molar-refractivity contribution is 7.71. The van der Waals surface area contributed by atoms with E-state index in [0.717, 1.165) is 48.9 Å². The Morgan fingerprint density at radius 2 is 1.91 bits per heavy atom. The first-order chi connectivity index (χ1) is 15.9. The molecule has 3 aliphatic rings. The highest BCUT2D eigenvalue weighted by Crippen LogP contribution is 2.49. The van der Waals surface area contributed by atoms with Crippen molar-refractivity contribution in [3.05, 3.63) is 50.5 Å². The molecule has 6 rings (SSSR count). The molecule has 1 N–H and O–H groups in total. The van der Waals surface area contributed by atoms with Crippen molar-refractivity contribution in [2.45, 2.75) is 88.7 Å². The van der Waals surface area contributed by atoms with E-state index in [-0.39, 0.29) is 22.6 Å². The number of nitrogens with one attached hydrogen (secondary N) is 1. The number of aromatic nitrogens is 4. The molecule has 0 bridgehead atoms. The van der Waals surface area contributed by atoms with Crippen molar-refractivity contribution in [3.63, 3.8) is 0 Å². The van der Waals surface area contributed by atoms with E-state index in [9.17, 15) is 4.79 Å². The molecule has 3 aromatic rings. The maximum atomic E-state index is 14.6. The Hall–Kier alpha value is -2.25.